The molecule has 1 aliphatic rings. The third-order valence-corrected chi connectivity index (χ3v) is 5.04. The number of rotatable bonds is 2. The van der Waals surface area contributed by atoms with Crippen LogP contribution in [0, 0.1) is 6.92 Å². The van der Waals surface area contributed by atoms with Crippen molar-refractivity contribution in [1.82, 2.24) is 4.57 Å². The summed E-state index contributed by atoms with van der Waals surface area (Å²) < 4.78 is 2.61. The van der Waals surface area contributed by atoms with E-state index in [2.05, 4.69) is 66.1 Å². The Morgan fingerprint density at radius 3 is 2.36 bits per heavy atom. The van der Waals surface area contributed by atoms with Crippen molar-refractivity contribution >= 4 is 10.9 Å². The number of aromatic nitrogens is 1. The Bertz CT molecular complexity index is 773. The van der Waals surface area contributed by atoms with Gasteiger partial charge in [0.15, 0.2) is 0 Å². The van der Waals surface area contributed by atoms with Crippen LogP contribution in [0.3, 0.4) is 0 Å². The third-order valence-electron chi connectivity index (χ3n) is 5.04. The largest absolute Gasteiger partial charge is 0.337 e. The molecule has 2 aromatic carbocycles. The molecular formula is C21H23N. The Hall–Kier alpha value is -2.02. The SMILES string of the molecule is Cc1ccc(-c2cc3ccccc3n2C2CCCCC2)cc1. The van der Waals surface area contributed by atoms with Crippen LogP contribution in [0.15, 0.2) is 54.6 Å². The fourth-order valence-electron chi connectivity index (χ4n) is 3.85. The van der Waals surface area contributed by atoms with E-state index in [0.29, 0.717) is 6.04 Å². The molecule has 0 radical (unpaired) electrons. The molecular weight excluding hydrogens is 266 g/mol. The monoisotopic (exact) mass is 289 g/mol. The van der Waals surface area contributed by atoms with Crippen molar-refractivity contribution in [2.75, 3.05) is 0 Å². The maximum absolute atomic E-state index is 2.61. The summed E-state index contributed by atoms with van der Waals surface area (Å²) in [6.07, 6.45) is 6.76. The molecule has 0 saturated heterocycles. The molecule has 1 heteroatoms. The van der Waals surface area contributed by atoms with Crippen molar-refractivity contribution in [1.29, 1.82) is 0 Å². The molecule has 1 nitrogen and oxygen atoms in total. The lowest BCUT2D eigenvalue weighted by Gasteiger charge is -2.26. The standard InChI is InChI=1S/C21H23N/c1-16-11-13-17(14-12-16)21-15-18-7-5-6-10-20(18)22(21)19-8-3-2-4-9-19/h5-7,10-15,19H,2-4,8-9H2,1H3. The van der Waals surface area contributed by atoms with Crippen molar-refractivity contribution in [2.24, 2.45) is 0 Å². The van der Waals surface area contributed by atoms with E-state index < -0.39 is 0 Å². The molecule has 0 unspecified atom stereocenters. The minimum atomic E-state index is 0.657. The van der Waals surface area contributed by atoms with Gasteiger partial charge in [-0.3, -0.25) is 0 Å². The fourth-order valence-corrected chi connectivity index (χ4v) is 3.85. The molecule has 0 amide bonds. The second-order valence-corrected chi connectivity index (χ2v) is 6.62. The van der Waals surface area contributed by atoms with Gasteiger partial charge in [-0.1, -0.05) is 67.3 Å². The highest BCUT2D eigenvalue weighted by Gasteiger charge is 2.20. The highest BCUT2D eigenvalue weighted by atomic mass is 15.0. The summed E-state index contributed by atoms with van der Waals surface area (Å²) in [6.45, 7) is 2.15. The van der Waals surface area contributed by atoms with Crippen LogP contribution in [0.2, 0.25) is 0 Å². The molecule has 3 aromatic rings. The molecule has 0 aliphatic heterocycles. The molecule has 1 heterocycles. The van der Waals surface area contributed by atoms with Crippen LogP contribution in [0.4, 0.5) is 0 Å². The molecule has 0 spiro atoms. The zero-order chi connectivity index (χ0) is 14.9. The van der Waals surface area contributed by atoms with Crippen LogP contribution in [-0.2, 0) is 0 Å². The maximum atomic E-state index is 2.61. The Labute approximate surface area is 132 Å². The molecule has 0 bridgehead atoms. The van der Waals surface area contributed by atoms with Crippen molar-refractivity contribution in [3.8, 4) is 11.3 Å². The van der Waals surface area contributed by atoms with E-state index in [0.717, 1.165) is 0 Å². The first kappa shape index (κ1) is 13.6. The zero-order valence-electron chi connectivity index (χ0n) is 13.3. The fraction of sp³-hybridized carbons (Fsp3) is 0.333. The van der Waals surface area contributed by atoms with Crippen molar-refractivity contribution in [3.05, 3.63) is 60.2 Å². The van der Waals surface area contributed by atoms with Crippen LogP contribution >= 0.6 is 0 Å². The van der Waals surface area contributed by atoms with Gasteiger partial charge in [0.25, 0.3) is 0 Å². The first-order valence-electron chi connectivity index (χ1n) is 8.50. The summed E-state index contributed by atoms with van der Waals surface area (Å²) in [5.74, 6) is 0. The smallest absolute Gasteiger partial charge is 0.0493 e. The predicted octanol–water partition coefficient (Wildman–Crippen LogP) is 6.12. The molecule has 1 aromatic heterocycles. The normalized spacial score (nSPS) is 16.2. The van der Waals surface area contributed by atoms with Crippen molar-refractivity contribution in [2.45, 2.75) is 45.1 Å². The van der Waals surface area contributed by atoms with Gasteiger partial charge in [-0.05, 0) is 37.5 Å². The van der Waals surface area contributed by atoms with Gasteiger partial charge in [-0.15, -0.1) is 0 Å². The molecule has 0 atom stereocenters. The summed E-state index contributed by atoms with van der Waals surface area (Å²) in [5.41, 5.74) is 5.44. The number of nitrogens with zero attached hydrogens (tertiary/aromatic N) is 1. The lowest BCUT2D eigenvalue weighted by molar-refractivity contribution is 0.363. The molecule has 1 aliphatic carbocycles. The van der Waals surface area contributed by atoms with Crippen LogP contribution in [-0.4, -0.2) is 4.57 Å². The average Bonchev–Trinajstić information content (AvgIpc) is 2.96. The Balaban J connectivity index is 1.90. The maximum Gasteiger partial charge on any atom is 0.0493 e. The first-order valence-corrected chi connectivity index (χ1v) is 8.50. The first-order chi connectivity index (χ1) is 10.8. The highest BCUT2D eigenvalue weighted by Crippen LogP contribution is 2.37. The molecule has 1 fully saturated rings. The Morgan fingerprint density at radius 2 is 1.59 bits per heavy atom. The Kier molecular flexibility index (Phi) is 3.49. The van der Waals surface area contributed by atoms with E-state index in [1.165, 1.54) is 59.8 Å². The third kappa shape index (κ3) is 2.35. The van der Waals surface area contributed by atoms with Crippen LogP contribution in [0.1, 0.15) is 43.7 Å². The predicted molar refractivity (Wildman–Crippen MR) is 94.2 cm³/mol. The zero-order valence-corrected chi connectivity index (χ0v) is 13.3. The van der Waals surface area contributed by atoms with Gasteiger partial charge in [0.05, 0.1) is 0 Å². The van der Waals surface area contributed by atoms with Gasteiger partial charge in [-0.25, -0.2) is 0 Å². The van der Waals surface area contributed by atoms with Gasteiger partial charge in [0.2, 0.25) is 0 Å². The van der Waals surface area contributed by atoms with Crippen molar-refractivity contribution in [3.63, 3.8) is 0 Å². The molecule has 1 saturated carbocycles. The summed E-state index contributed by atoms with van der Waals surface area (Å²) in [6, 6.07) is 20.8. The summed E-state index contributed by atoms with van der Waals surface area (Å²) in [7, 11) is 0. The van der Waals surface area contributed by atoms with E-state index in [9.17, 15) is 0 Å². The van der Waals surface area contributed by atoms with E-state index in [1.807, 2.05) is 0 Å². The van der Waals surface area contributed by atoms with Gasteiger partial charge in [0, 0.05) is 22.6 Å². The summed E-state index contributed by atoms with van der Waals surface area (Å²) >= 11 is 0. The number of para-hydroxylation sites is 1. The lowest BCUT2D eigenvalue weighted by atomic mass is 9.94. The van der Waals surface area contributed by atoms with Gasteiger partial charge in [-0.2, -0.15) is 0 Å². The van der Waals surface area contributed by atoms with Crippen LogP contribution in [0.25, 0.3) is 22.2 Å². The molecule has 4 rings (SSSR count). The molecule has 112 valence electrons. The number of hydrogen-bond donors (Lipinski definition) is 0. The number of fused-ring (bicyclic) bond motifs is 1. The summed E-state index contributed by atoms with van der Waals surface area (Å²) in [5, 5.41) is 1.36. The number of aryl methyl sites for hydroxylation is 1. The second kappa shape index (κ2) is 5.64. The molecule has 22 heavy (non-hydrogen) atoms. The van der Waals surface area contributed by atoms with E-state index in [1.54, 1.807) is 0 Å². The van der Waals surface area contributed by atoms with Crippen LogP contribution in [0.5, 0.6) is 0 Å². The van der Waals surface area contributed by atoms with Gasteiger partial charge < -0.3 is 4.57 Å². The van der Waals surface area contributed by atoms with Crippen LogP contribution < -0.4 is 0 Å². The highest BCUT2D eigenvalue weighted by molar-refractivity contribution is 5.87. The van der Waals surface area contributed by atoms with Gasteiger partial charge >= 0.3 is 0 Å². The number of benzene rings is 2. The quantitative estimate of drug-likeness (QED) is 0.535. The van der Waals surface area contributed by atoms with Crippen molar-refractivity contribution < 1.29 is 0 Å². The Morgan fingerprint density at radius 1 is 0.864 bits per heavy atom. The van der Waals surface area contributed by atoms with E-state index in [4.69, 9.17) is 0 Å². The van der Waals surface area contributed by atoms with E-state index >= 15 is 0 Å². The number of hydrogen-bond acceptors (Lipinski definition) is 0. The summed E-state index contributed by atoms with van der Waals surface area (Å²) in [4.78, 5) is 0. The van der Waals surface area contributed by atoms with Gasteiger partial charge in [0.1, 0.15) is 0 Å². The molecule has 0 N–H and O–H groups in total. The minimum absolute atomic E-state index is 0.657. The second-order valence-electron chi connectivity index (χ2n) is 6.62. The lowest BCUT2D eigenvalue weighted by Crippen LogP contribution is -2.13. The van der Waals surface area contributed by atoms with E-state index in [-0.39, 0.29) is 0 Å². The topological polar surface area (TPSA) is 4.93 Å². The minimum Gasteiger partial charge on any atom is -0.337 e. The average molecular weight is 289 g/mol.